The van der Waals surface area contributed by atoms with Crippen LogP contribution in [0.4, 0.5) is 5.69 Å². The van der Waals surface area contributed by atoms with Crippen LogP contribution in [0.3, 0.4) is 0 Å². The van der Waals surface area contributed by atoms with Crippen LogP contribution in [0.5, 0.6) is 0 Å². The summed E-state index contributed by atoms with van der Waals surface area (Å²) in [6, 6.07) is 13.5. The SMILES string of the molecule is CCCN(CCC)C(=O)c1nc(C(=O)N2CCc3ccccc32)n2ccccc12. The summed E-state index contributed by atoms with van der Waals surface area (Å²) in [7, 11) is 0. The molecule has 1 aliphatic heterocycles. The maximum Gasteiger partial charge on any atom is 0.294 e. The molecule has 3 aromatic rings. The van der Waals surface area contributed by atoms with Gasteiger partial charge in [0.15, 0.2) is 5.69 Å². The van der Waals surface area contributed by atoms with Gasteiger partial charge in [0, 0.05) is 31.5 Å². The molecule has 0 unspecified atom stereocenters. The molecule has 0 bridgehead atoms. The topological polar surface area (TPSA) is 57.9 Å². The predicted molar refractivity (Wildman–Crippen MR) is 114 cm³/mol. The van der Waals surface area contributed by atoms with E-state index in [0.29, 0.717) is 30.8 Å². The third-order valence-corrected chi connectivity index (χ3v) is 5.35. The van der Waals surface area contributed by atoms with E-state index in [1.807, 2.05) is 41.3 Å². The smallest absolute Gasteiger partial charge is 0.294 e. The molecule has 0 saturated heterocycles. The molecule has 29 heavy (non-hydrogen) atoms. The molecule has 0 atom stereocenters. The average molecular weight is 390 g/mol. The minimum atomic E-state index is -0.173. The van der Waals surface area contributed by atoms with Crippen molar-refractivity contribution in [3.05, 3.63) is 65.7 Å². The van der Waals surface area contributed by atoms with Crippen molar-refractivity contribution in [1.29, 1.82) is 0 Å². The molecule has 2 aromatic heterocycles. The summed E-state index contributed by atoms with van der Waals surface area (Å²) in [4.78, 5) is 34.8. The van der Waals surface area contributed by atoms with Crippen molar-refractivity contribution in [2.24, 2.45) is 0 Å². The molecule has 6 heteroatoms. The molecule has 1 aromatic carbocycles. The van der Waals surface area contributed by atoms with Crippen LogP contribution in [0, 0.1) is 0 Å². The fourth-order valence-corrected chi connectivity index (χ4v) is 4.02. The highest BCUT2D eigenvalue weighted by atomic mass is 16.2. The maximum atomic E-state index is 13.4. The van der Waals surface area contributed by atoms with E-state index in [1.165, 1.54) is 0 Å². The van der Waals surface area contributed by atoms with E-state index in [2.05, 4.69) is 24.9 Å². The molecule has 0 aliphatic carbocycles. The van der Waals surface area contributed by atoms with Gasteiger partial charge in [0.1, 0.15) is 0 Å². The van der Waals surface area contributed by atoms with E-state index in [-0.39, 0.29) is 17.6 Å². The van der Waals surface area contributed by atoms with Crippen LogP contribution < -0.4 is 4.90 Å². The van der Waals surface area contributed by atoms with Crippen LogP contribution in [0.1, 0.15) is 53.4 Å². The molecule has 6 nitrogen and oxygen atoms in total. The third kappa shape index (κ3) is 3.39. The molecule has 4 rings (SSSR count). The molecule has 0 radical (unpaired) electrons. The van der Waals surface area contributed by atoms with Crippen LogP contribution in [-0.2, 0) is 6.42 Å². The second-order valence-electron chi connectivity index (χ2n) is 7.37. The van der Waals surface area contributed by atoms with E-state index in [4.69, 9.17) is 0 Å². The number of benzene rings is 1. The van der Waals surface area contributed by atoms with Crippen LogP contribution in [-0.4, -0.2) is 45.7 Å². The van der Waals surface area contributed by atoms with E-state index >= 15 is 0 Å². The predicted octanol–water partition coefficient (Wildman–Crippen LogP) is 3.80. The van der Waals surface area contributed by atoms with Crippen molar-refractivity contribution < 1.29 is 9.59 Å². The van der Waals surface area contributed by atoms with Crippen LogP contribution >= 0.6 is 0 Å². The molecule has 150 valence electrons. The molecule has 2 amide bonds. The Morgan fingerprint density at radius 2 is 1.76 bits per heavy atom. The van der Waals surface area contributed by atoms with Crippen molar-refractivity contribution in [3.8, 4) is 0 Å². The Morgan fingerprint density at radius 1 is 1.03 bits per heavy atom. The summed E-state index contributed by atoms with van der Waals surface area (Å²) in [6.07, 6.45) is 4.40. The van der Waals surface area contributed by atoms with Gasteiger partial charge in [-0.3, -0.25) is 14.0 Å². The first-order chi connectivity index (χ1) is 14.2. The summed E-state index contributed by atoms with van der Waals surface area (Å²) in [5.74, 6) is -0.000366. The summed E-state index contributed by atoms with van der Waals surface area (Å²) < 4.78 is 1.74. The van der Waals surface area contributed by atoms with Gasteiger partial charge in [-0.05, 0) is 43.0 Å². The molecule has 1 aliphatic rings. The van der Waals surface area contributed by atoms with Gasteiger partial charge in [0.25, 0.3) is 11.8 Å². The van der Waals surface area contributed by atoms with Crippen molar-refractivity contribution >= 4 is 23.0 Å². The quantitative estimate of drug-likeness (QED) is 0.643. The lowest BCUT2D eigenvalue weighted by molar-refractivity contribution is 0.0752. The van der Waals surface area contributed by atoms with Crippen LogP contribution in [0.25, 0.3) is 5.52 Å². The fraction of sp³-hybridized carbons (Fsp3) is 0.348. The zero-order valence-corrected chi connectivity index (χ0v) is 17.0. The number of pyridine rings is 1. The number of carbonyl (C=O) groups is 2. The van der Waals surface area contributed by atoms with Gasteiger partial charge in [0.2, 0.25) is 5.82 Å². The van der Waals surface area contributed by atoms with Gasteiger partial charge < -0.3 is 9.80 Å². The number of hydrogen-bond donors (Lipinski definition) is 0. The Balaban J connectivity index is 1.75. The molecule has 0 spiro atoms. The number of carbonyl (C=O) groups excluding carboxylic acids is 2. The monoisotopic (exact) mass is 390 g/mol. The molecular formula is C23H26N4O2. The van der Waals surface area contributed by atoms with E-state index in [0.717, 1.165) is 30.5 Å². The lowest BCUT2D eigenvalue weighted by atomic mass is 10.2. The van der Waals surface area contributed by atoms with Gasteiger partial charge in [0.05, 0.1) is 5.52 Å². The number of aromatic nitrogens is 2. The minimum absolute atomic E-state index is 0.113. The Morgan fingerprint density at radius 3 is 2.52 bits per heavy atom. The number of nitrogens with zero attached hydrogens (tertiary/aromatic N) is 4. The van der Waals surface area contributed by atoms with E-state index < -0.39 is 0 Å². The first-order valence-electron chi connectivity index (χ1n) is 10.3. The van der Waals surface area contributed by atoms with Crippen molar-refractivity contribution in [3.63, 3.8) is 0 Å². The van der Waals surface area contributed by atoms with Gasteiger partial charge in [-0.25, -0.2) is 4.98 Å². The van der Waals surface area contributed by atoms with E-state index in [9.17, 15) is 9.59 Å². The highest BCUT2D eigenvalue weighted by molar-refractivity contribution is 6.08. The zero-order valence-electron chi connectivity index (χ0n) is 17.0. The third-order valence-electron chi connectivity index (χ3n) is 5.35. The first-order valence-corrected chi connectivity index (χ1v) is 10.3. The summed E-state index contributed by atoms with van der Waals surface area (Å²) >= 11 is 0. The number of para-hydroxylation sites is 1. The number of fused-ring (bicyclic) bond motifs is 2. The van der Waals surface area contributed by atoms with Gasteiger partial charge in [-0.2, -0.15) is 0 Å². The van der Waals surface area contributed by atoms with E-state index in [1.54, 1.807) is 15.5 Å². The van der Waals surface area contributed by atoms with Gasteiger partial charge in [-0.15, -0.1) is 0 Å². The molecular weight excluding hydrogens is 364 g/mol. The molecule has 3 heterocycles. The van der Waals surface area contributed by atoms with Crippen LogP contribution in [0.15, 0.2) is 48.7 Å². The highest BCUT2D eigenvalue weighted by Gasteiger charge is 2.30. The van der Waals surface area contributed by atoms with Gasteiger partial charge >= 0.3 is 0 Å². The minimum Gasteiger partial charge on any atom is -0.337 e. The Bertz CT molecular complexity index is 1050. The Kier molecular flexibility index (Phi) is 5.34. The summed E-state index contributed by atoms with van der Waals surface area (Å²) in [5, 5.41) is 0. The number of rotatable bonds is 6. The second kappa shape index (κ2) is 8.07. The molecule has 0 fully saturated rings. The zero-order chi connectivity index (χ0) is 20.4. The number of amides is 2. The lowest BCUT2D eigenvalue weighted by Crippen LogP contribution is -2.33. The molecule has 0 saturated carbocycles. The normalized spacial score (nSPS) is 13.0. The second-order valence-corrected chi connectivity index (χ2v) is 7.37. The number of anilines is 1. The lowest BCUT2D eigenvalue weighted by Gasteiger charge is -2.20. The van der Waals surface area contributed by atoms with Crippen molar-refractivity contribution in [2.75, 3.05) is 24.5 Å². The summed E-state index contributed by atoms with van der Waals surface area (Å²) in [5.41, 5.74) is 3.11. The maximum absolute atomic E-state index is 13.4. The number of imidazole rings is 1. The Hall–Kier alpha value is -3.15. The highest BCUT2D eigenvalue weighted by Crippen LogP contribution is 2.29. The standard InChI is InChI=1S/C23H26N4O2/c1-3-13-25(14-4-2)22(28)20-19-11-7-8-15-26(19)21(24-20)23(29)27-16-12-17-9-5-6-10-18(17)27/h5-11,15H,3-4,12-14,16H2,1-2H3. The average Bonchev–Trinajstić information content (AvgIpc) is 3.35. The molecule has 0 N–H and O–H groups in total. The van der Waals surface area contributed by atoms with Crippen molar-refractivity contribution in [1.82, 2.24) is 14.3 Å². The summed E-state index contributed by atoms with van der Waals surface area (Å²) in [6.45, 7) is 6.10. The largest absolute Gasteiger partial charge is 0.337 e. The fourth-order valence-electron chi connectivity index (χ4n) is 4.02. The Labute approximate surface area is 170 Å². The van der Waals surface area contributed by atoms with Crippen molar-refractivity contribution in [2.45, 2.75) is 33.1 Å². The van der Waals surface area contributed by atoms with Crippen LogP contribution in [0.2, 0.25) is 0 Å². The first kappa shape index (κ1) is 19.2. The van der Waals surface area contributed by atoms with Gasteiger partial charge in [-0.1, -0.05) is 38.1 Å². The number of hydrogen-bond acceptors (Lipinski definition) is 3.